The lowest BCUT2D eigenvalue weighted by Gasteiger charge is -2.24. The fraction of sp³-hybridized carbons (Fsp3) is 0.600. The van der Waals surface area contributed by atoms with Gasteiger partial charge < -0.3 is 15.2 Å². The summed E-state index contributed by atoms with van der Waals surface area (Å²) in [6.07, 6.45) is 2.55. The molecule has 2 rings (SSSR count). The molecular weight excluding hydrogens is 240 g/mol. The highest BCUT2D eigenvalue weighted by Gasteiger charge is 2.17. The van der Waals surface area contributed by atoms with E-state index in [1.165, 1.54) is 12.8 Å². The van der Waals surface area contributed by atoms with Crippen LogP contribution in [0.3, 0.4) is 0 Å². The van der Waals surface area contributed by atoms with Crippen LogP contribution in [0.2, 0.25) is 0 Å². The summed E-state index contributed by atoms with van der Waals surface area (Å²) >= 11 is 0. The summed E-state index contributed by atoms with van der Waals surface area (Å²) in [5.41, 5.74) is 1.12. The number of methoxy groups -OCH3 is 1. The second-order valence-electron chi connectivity index (χ2n) is 5.13. The molecule has 0 amide bonds. The van der Waals surface area contributed by atoms with Crippen LogP contribution in [0.25, 0.3) is 0 Å². The Morgan fingerprint density at radius 3 is 2.89 bits per heavy atom. The van der Waals surface area contributed by atoms with Gasteiger partial charge in [-0.2, -0.15) is 0 Å². The molecule has 1 atom stereocenters. The van der Waals surface area contributed by atoms with Crippen molar-refractivity contribution >= 4 is 0 Å². The van der Waals surface area contributed by atoms with Crippen LogP contribution < -0.4 is 10.1 Å². The predicted octanol–water partition coefficient (Wildman–Crippen LogP) is 1.97. The van der Waals surface area contributed by atoms with E-state index in [0.29, 0.717) is 11.8 Å². The maximum Gasteiger partial charge on any atom is 0.160 e. The number of phenols is 1. The molecule has 0 spiro atoms. The molecule has 1 aliphatic rings. The summed E-state index contributed by atoms with van der Waals surface area (Å²) in [4.78, 5) is 2.41. The van der Waals surface area contributed by atoms with Gasteiger partial charge in [-0.05, 0) is 43.6 Å². The third kappa shape index (κ3) is 3.85. The average Bonchev–Trinajstić information content (AvgIpc) is 2.91. The first-order valence-electron chi connectivity index (χ1n) is 7.04. The summed E-state index contributed by atoms with van der Waals surface area (Å²) in [5.74, 6) is 0.749. The first kappa shape index (κ1) is 14.2. The highest BCUT2D eigenvalue weighted by atomic mass is 16.5. The molecule has 106 valence electrons. The second-order valence-corrected chi connectivity index (χ2v) is 5.13. The number of rotatable bonds is 6. The van der Waals surface area contributed by atoms with Gasteiger partial charge in [0.15, 0.2) is 11.5 Å². The minimum atomic E-state index is 0.218. The molecule has 0 aliphatic carbocycles. The number of nitrogens with zero attached hydrogens (tertiary/aromatic N) is 1. The molecule has 1 heterocycles. The number of benzene rings is 1. The third-order valence-electron chi connectivity index (χ3n) is 3.74. The maximum absolute atomic E-state index is 9.81. The Hall–Kier alpha value is -1.26. The lowest BCUT2D eigenvalue weighted by Crippen LogP contribution is -2.37. The molecule has 0 saturated carbocycles. The average molecular weight is 264 g/mol. The Bertz CT molecular complexity index is 403. The van der Waals surface area contributed by atoms with Crippen LogP contribution in [0.5, 0.6) is 11.5 Å². The van der Waals surface area contributed by atoms with Crippen LogP contribution in [0, 0.1) is 0 Å². The first-order chi connectivity index (χ1) is 9.22. The van der Waals surface area contributed by atoms with Gasteiger partial charge >= 0.3 is 0 Å². The lowest BCUT2D eigenvalue weighted by molar-refractivity contribution is 0.253. The van der Waals surface area contributed by atoms with Gasteiger partial charge in [-0.1, -0.05) is 13.0 Å². The summed E-state index contributed by atoms with van der Waals surface area (Å²) in [6.45, 7) is 6.28. The molecule has 19 heavy (non-hydrogen) atoms. The monoisotopic (exact) mass is 264 g/mol. The van der Waals surface area contributed by atoms with Crippen LogP contribution in [0.1, 0.15) is 25.3 Å². The topological polar surface area (TPSA) is 44.7 Å². The van der Waals surface area contributed by atoms with Crippen molar-refractivity contribution < 1.29 is 9.84 Å². The van der Waals surface area contributed by atoms with Crippen LogP contribution in [0.15, 0.2) is 18.2 Å². The Kier molecular flexibility index (Phi) is 5.05. The van der Waals surface area contributed by atoms with E-state index in [9.17, 15) is 5.11 Å². The molecule has 4 nitrogen and oxygen atoms in total. The predicted molar refractivity (Wildman–Crippen MR) is 76.6 cm³/mol. The van der Waals surface area contributed by atoms with E-state index >= 15 is 0 Å². The van der Waals surface area contributed by atoms with Crippen LogP contribution in [0.4, 0.5) is 0 Å². The number of aromatic hydroxyl groups is 1. The minimum absolute atomic E-state index is 0.218. The van der Waals surface area contributed by atoms with Crippen molar-refractivity contribution in [3.05, 3.63) is 23.8 Å². The van der Waals surface area contributed by atoms with Crippen molar-refractivity contribution in [3.8, 4) is 11.5 Å². The summed E-state index contributed by atoms with van der Waals surface area (Å²) < 4.78 is 5.07. The normalized spacial score (nSPS) is 19.0. The van der Waals surface area contributed by atoms with Crippen molar-refractivity contribution in [2.45, 2.75) is 32.4 Å². The molecule has 4 heteroatoms. The zero-order valence-electron chi connectivity index (χ0n) is 11.9. The third-order valence-corrected chi connectivity index (χ3v) is 3.74. The number of hydrogen-bond donors (Lipinski definition) is 2. The smallest absolute Gasteiger partial charge is 0.160 e. The molecule has 0 aromatic heterocycles. The van der Waals surface area contributed by atoms with Crippen molar-refractivity contribution in [2.24, 2.45) is 0 Å². The summed E-state index contributed by atoms with van der Waals surface area (Å²) in [6, 6.07) is 6.26. The van der Waals surface area contributed by atoms with Gasteiger partial charge in [-0.3, -0.25) is 4.90 Å². The number of phenolic OH excluding ortho intramolecular Hbond substituents is 1. The van der Waals surface area contributed by atoms with Crippen LogP contribution >= 0.6 is 0 Å². The fourth-order valence-electron chi connectivity index (χ4n) is 2.62. The number of nitrogens with one attached hydrogen (secondary N) is 1. The summed E-state index contributed by atoms with van der Waals surface area (Å²) in [7, 11) is 1.57. The van der Waals surface area contributed by atoms with E-state index in [4.69, 9.17) is 4.74 Å². The molecule has 2 N–H and O–H groups in total. The van der Waals surface area contributed by atoms with Gasteiger partial charge in [-0.25, -0.2) is 0 Å². The first-order valence-corrected chi connectivity index (χ1v) is 7.04. The number of hydrogen-bond acceptors (Lipinski definition) is 4. The Morgan fingerprint density at radius 1 is 1.47 bits per heavy atom. The quantitative estimate of drug-likeness (QED) is 0.824. The van der Waals surface area contributed by atoms with Crippen molar-refractivity contribution in [3.63, 3.8) is 0 Å². The van der Waals surface area contributed by atoms with E-state index < -0.39 is 0 Å². The van der Waals surface area contributed by atoms with Crippen molar-refractivity contribution in [1.29, 1.82) is 0 Å². The van der Waals surface area contributed by atoms with E-state index in [2.05, 4.69) is 17.1 Å². The largest absolute Gasteiger partial charge is 0.504 e. The molecular formula is C15H24N2O2. The van der Waals surface area contributed by atoms with Crippen molar-refractivity contribution in [1.82, 2.24) is 10.2 Å². The van der Waals surface area contributed by atoms with Gasteiger partial charge in [-0.15, -0.1) is 0 Å². The molecule has 1 fully saturated rings. The number of likely N-dealkylation sites (N-methyl/N-ethyl adjacent to an activating group) is 1. The van der Waals surface area contributed by atoms with E-state index in [-0.39, 0.29) is 5.75 Å². The van der Waals surface area contributed by atoms with Crippen LogP contribution in [-0.4, -0.2) is 42.8 Å². The lowest BCUT2D eigenvalue weighted by atomic mass is 10.1. The van der Waals surface area contributed by atoms with Gasteiger partial charge in [0.05, 0.1) is 7.11 Å². The zero-order valence-corrected chi connectivity index (χ0v) is 11.9. The fourth-order valence-corrected chi connectivity index (χ4v) is 2.62. The van der Waals surface area contributed by atoms with E-state index in [1.54, 1.807) is 13.2 Å². The highest BCUT2D eigenvalue weighted by Crippen LogP contribution is 2.26. The second kappa shape index (κ2) is 6.78. The van der Waals surface area contributed by atoms with Gasteiger partial charge in [0, 0.05) is 19.1 Å². The Labute approximate surface area is 115 Å². The van der Waals surface area contributed by atoms with Crippen molar-refractivity contribution in [2.75, 3.05) is 26.7 Å². The molecule has 0 radical (unpaired) electrons. The highest BCUT2D eigenvalue weighted by molar-refractivity contribution is 5.41. The molecule has 1 aromatic carbocycles. The molecule has 0 bridgehead atoms. The minimum Gasteiger partial charge on any atom is -0.504 e. The molecule has 1 aromatic rings. The molecule has 1 aliphatic heterocycles. The SMILES string of the molecule is CCN(Cc1ccc(OC)c(O)c1)CC1CCCN1. The Balaban J connectivity index is 1.95. The standard InChI is InChI=1S/C15H24N2O2/c1-3-17(11-13-5-4-8-16-13)10-12-6-7-15(19-2)14(18)9-12/h6-7,9,13,16,18H,3-5,8,10-11H2,1-2H3. The van der Waals surface area contributed by atoms with Gasteiger partial charge in [0.25, 0.3) is 0 Å². The van der Waals surface area contributed by atoms with Gasteiger partial charge in [0.1, 0.15) is 0 Å². The summed E-state index contributed by atoms with van der Waals surface area (Å²) in [5, 5.41) is 13.3. The molecule has 1 unspecified atom stereocenters. The van der Waals surface area contributed by atoms with E-state index in [0.717, 1.165) is 31.7 Å². The van der Waals surface area contributed by atoms with Gasteiger partial charge in [0.2, 0.25) is 0 Å². The Morgan fingerprint density at radius 2 is 2.32 bits per heavy atom. The van der Waals surface area contributed by atoms with Crippen LogP contribution in [-0.2, 0) is 6.54 Å². The molecule has 1 saturated heterocycles. The maximum atomic E-state index is 9.81. The number of ether oxygens (including phenoxy) is 1. The van der Waals surface area contributed by atoms with E-state index in [1.807, 2.05) is 12.1 Å². The zero-order chi connectivity index (χ0) is 13.7.